The van der Waals surface area contributed by atoms with Gasteiger partial charge in [0.2, 0.25) is 0 Å². The maximum absolute atomic E-state index is 13.2. The topological polar surface area (TPSA) is 46.9 Å². The molecule has 0 spiro atoms. The first kappa shape index (κ1) is 16.3. The molecule has 4 nitrogen and oxygen atoms in total. The molecule has 1 amide bonds. The van der Waals surface area contributed by atoms with Crippen molar-refractivity contribution in [1.29, 1.82) is 0 Å². The van der Waals surface area contributed by atoms with Crippen LogP contribution in [0.25, 0.3) is 5.69 Å². The molecule has 2 aliphatic rings. The molecule has 5 rings (SSSR count). The number of amides is 1. The highest BCUT2D eigenvalue weighted by atomic mass is 16.2. The first-order valence-electron chi connectivity index (χ1n) is 9.83. The molecule has 136 valence electrons. The molecule has 1 atom stereocenters. The van der Waals surface area contributed by atoms with Crippen molar-refractivity contribution < 1.29 is 4.79 Å². The Kier molecular flexibility index (Phi) is 4.04. The summed E-state index contributed by atoms with van der Waals surface area (Å²) in [6, 6.07) is 20.4. The molecule has 1 saturated carbocycles. The third kappa shape index (κ3) is 3.16. The maximum atomic E-state index is 13.2. The second kappa shape index (κ2) is 6.69. The van der Waals surface area contributed by atoms with Gasteiger partial charge in [0.25, 0.3) is 5.91 Å². The van der Waals surface area contributed by atoms with Gasteiger partial charge in [0.05, 0.1) is 17.4 Å². The lowest BCUT2D eigenvalue weighted by atomic mass is 9.87. The van der Waals surface area contributed by atoms with Crippen molar-refractivity contribution in [2.75, 3.05) is 0 Å². The number of benzene rings is 2. The van der Waals surface area contributed by atoms with Gasteiger partial charge >= 0.3 is 0 Å². The minimum atomic E-state index is -0.0417. The molecular formula is C23H23N3O. The van der Waals surface area contributed by atoms with Crippen molar-refractivity contribution in [3.05, 3.63) is 83.2 Å². The standard InChI is InChI=1S/C23H23N3O/c27-23(24-20-12-6-8-16-7-4-5-11-19(16)20)22-15-21(17-13-14-17)25-26(22)18-9-2-1-3-10-18/h1-5,7,9-11,15,17,20H,6,8,12-14H2,(H,24,27)/t20-/m0/s1. The van der Waals surface area contributed by atoms with Crippen LogP contribution in [0.3, 0.4) is 0 Å². The van der Waals surface area contributed by atoms with Crippen LogP contribution >= 0.6 is 0 Å². The van der Waals surface area contributed by atoms with Crippen molar-refractivity contribution in [1.82, 2.24) is 15.1 Å². The van der Waals surface area contributed by atoms with Gasteiger partial charge < -0.3 is 5.32 Å². The van der Waals surface area contributed by atoms with Crippen LogP contribution < -0.4 is 5.32 Å². The SMILES string of the molecule is O=C(N[C@H]1CCCc2ccccc21)c1cc(C2CC2)nn1-c1ccccc1. The second-order valence-corrected chi connectivity index (χ2v) is 7.59. The van der Waals surface area contributed by atoms with Crippen LogP contribution in [0.5, 0.6) is 0 Å². The van der Waals surface area contributed by atoms with Gasteiger partial charge in [0.15, 0.2) is 0 Å². The molecule has 4 heteroatoms. The third-order valence-electron chi connectivity index (χ3n) is 5.63. The van der Waals surface area contributed by atoms with E-state index in [1.54, 1.807) is 4.68 Å². The molecule has 27 heavy (non-hydrogen) atoms. The average molecular weight is 357 g/mol. The van der Waals surface area contributed by atoms with Crippen LogP contribution in [0.1, 0.15) is 65.0 Å². The lowest BCUT2D eigenvalue weighted by Crippen LogP contribution is -2.32. The molecule has 1 fully saturated rings. The summed E-state index contributed by atoms with van der Waals surface area (Å²) in [5, 5.41) is 8.03. The highest BCUT2D eigenvalue weighted by molar-refractivity contribution is 5.93. The molecule has 1 N–H and O–H groups in total. The minimum absolute atomic E-state index is 0.0417. The van der Waals surface area contributed by atoms with Gasteiger partial charge in [0.1, 0.15) is 5.69 Å². The van der Waals surface area contributed by atoms with E-state index in [0.29, 0.717) is 11.6 Å². The summed E-state index contributed by atoms with van der Waals surface area (Å²) in [5.74, 6) is 0.469. The normalized spacial score (nSPS) is 18.7. The third-order valence-corrected chi connectivity index (χ3v) is 5.63. The van der Waals surface area contributed by atoms with E-state index in [1.165, 1.54) is 24.0 Å². The number of hydrogen-bond acceptors (Lipinski definition) is 2. The van der Waals surface area contributed by atoms with E-state index in [2.05, 4.69) is 29.6 Å². The fraction of sp³-hybridized carbons (Fsp3) is 0.304. The van der Waals surface area contributed by atoms with Gasteiger partial charge in [-0.05, 0) is 61.4 Å². The van der Waals surface area contributed by atoms with E-state index in [0.717, 1.165) is 30.6 Å². The largest absolute Gasteiger partial charge is 0.344 e. The number of nitrogens with zero attached hydrogens (tertiary/aromatic N) is 2. The molecular weight excluding hydrogens is 334 g/mol. The second-order valence-electron chi connectivity index (χ2n) is 7.59. The van der Waals surface area contributed by atoms with E-state index in [-0.39, 0.29) is 11.9 Å². The van der Waals surface area contributed by atoms with Crippen LogP contribution in [-0.4, -0.2) is 15.7 Å². The van der Waals surface area contributed by atoms with Crippen LogP contribution in [0.15, 0.2) is 60.7 Å². The van der Waals surface area contributed by atoms with Gasteiger partial charge in [-0.15, -0.1) is 0 Å². The lowest BCUT2D eigenvalue weighted by molar-refractivity contribution is 0.0925. The van der Waals surface area contributed by atoms with Gasteiger partial charge in [-0.1, -0.05) is 42.5 Å². The summed E-state index contributed by atoms with van der Waals surface area (Å²) < 4.78 is 1.80. The Balaban J connectivity index is 1.47. The predicted molar refractivity (Wildman–Crippen MR) is 105 cm³/mol. The highest BCUT2D eigenvalue weighted by Gasteiger charge is 2.30. The van der Waals surface area contributed by atoms with Crippen LogP contribution in [-0.2, 0) is 6.42 Å². The maximum Gasteiger partial charge on any atom is 0.270 e. The van der Waals surface area contributed by atoms with Crippen molar-refractivity contribution in [2.24, 2.45) is 0 Å². The number of fused-ring (bicyclic) bond motifs is 1. The van der Waals surface area contributed by atoms with E-state index < -0.39 is 0 Å². The fourth-order valence-electron chi connectivity index (χ4n) is 4.04. The Labute approximate surface area is 159 Å². The molecule has 0 unspecified atom stereocenters. The molecule has 0 aliphatic heterocycles. The molecule has 1 aromatic heterocycles. The van der Waals surface area contributed by atoms with Gasteiger partial charge in [-0.3, -0.25) is 4.79 Å². The first-order chi connectivity index (χ1) is 13.3. The zero-order chi connectivity index (χ0) is 18.2. The number of rotatable bonds is 4. The van der Waals surface area contributed by atoms with Crippen LogP contribution in [0.2, 0.25) is 0 Å². The number of carbonyl (C=O) groups excluding carboxylic acids is 1. The van der Waals surface area contributed by atoms with E-state index in [9.17, 15) is 4.79 Å². The molecule has 0 bridgehead atoms. The molecule has 3 aromatic rings. The molecule has 1 heterocycles. The Morgan fingerprint density at radius 2 is 1.78 bits per heavy atom. The minimum Gasteiger partial charge on any atom is -0.344 e. The van der Waals surface area contributed by atoms with Crippen LogP contribution in [0, 0.1) is 0 Å². The Bertz CT molecular complexity index is 972. The summed E-state index contributed by atoms with van der Waals surface area (Å²) in [4.78, 5) is 13.2. The quantitative estimate of drug-likeness (QED) is 0.744. The van der Waals surface area contributed by atoms with Crippen molar-refractivity contribution in [3.63, 3.8) is 0 Å². The zero-order valence-electron chi connectivity index (χ0n) is 15.3. The summed E-state index contributed by atoms with van der Waals surface area (Å²) in [6.07, 6.45) is 5.52. The molecule has 0 radical (unpaired) electrons. The Hall–Kier alpha value is -2.88. The average Bonchev–Trinajstić information content (AvgIpc) is 3.47. The summed E-state index contributed by atoms with van der Waals surface area (Å²) >= 11 is 0. The number of para-hydroxylation sites is 1. The van der Waals surface area contributed by atoms with Gasteiger partial charge in [-0.2, -0.15) is 5.10 Å². The predicted octanol–water partition coefficient (Wildman–Crippen LogP) is 4.56. The van der Waals surface area contributed by atoms with Crippen molar-refractivity contribution >= 4 is 5.91 Å². The number of aromatic nitrogens is 2. The Morgan fingerprint density at radius 1 is 1.00 bits per heavy atom. The number of hydrogen-bond donors (Lipinski definition) is 1. The van der Waals surface area contributed by atoms with Crippen LogP contribution in [0.4, 0.5) is 0 Å². The zero-order valence-corrected chi connectivity index (χ0v) is 15.3. The number of nitrogens with one attached hydrogen (secondary N) is 1. The fourth-order valence-corrected chi connectivity index (χ4v) is 4.04. The highest BCUT2D eigenvalue weighted by Crippen LogP contribution is 2.40. The Morgan fingerprint density at radius 3 is 2.59 bits per heavy atom. The first-order valence-corrected chi connectivity index (χ1v) is 9.83. The van der Waals surface area contributed by atoms with Crippen molar-refractivity contribution in [2.45, 2.75) is 44.1 Å². The lowest BCUT2D eigenvalue weighted by Gasteiger charge is -2.26. The smallest absolute Gasteiger partial charge is 0.270 e. The summed E-state index contributed by atoms with van der Waals surface area (Å²) in [6.45, 7) is 0. The van der Waals surface area contributed by atoms with E-state index in [4.69, 9.17) is 5.10 Å². The van der Waals surface area contributed by atoms with E-state index >= 15 is 0 Å². The summed E-state index contributed by atoms with van der Waals surface area (Å²) in [5.41, 5.74) is 5.20. The monoisotopic (exact) mass is 357 g/mol. The molecule has 0 saturated heterocycles. The number of aryl methyl sites for hydroxylation is 1. The number of carbonyl (C=O) groups is 1. The summed E-state index contributed by atoms with van der Waals surface area (Å²) in [7, 11) is 0. The van der Waals surface area contributed by atoms with E-state index in [1.807, 2.05) is 36.4 Å². The van der Waals surface area contributed by atoms with Crippen molar-refractivity contribution in [3.8, 4) is 5.69 Å². The molecule has 2 aliphatic carbocycles. The van der Waals surface area contributed by atoms with Gasteiger partial charge in [-0.25, -0.2) is 4.68 Å². The molecule has 2 aromatic carbocycles. The van der Waals surface area contributed by atoms with Gasteiger partial charge in [0, 0.05) is 5.92 Å².